The van der Waals surface area contributed by atoms with Crippen molar-refractivity contribution in [1.29, 1.82) is 0 Å². The molecule has 2 aliphatic rings. The van der Waals surface area contributed by atoms with Crippen LogP contribution >= 0.6 is 0 Å². The molecule has 0 amide bonds. The van der Waals surface area contributed by atoms with E-state index in [2.05, 4.69) is 31.2 Å². The van der Waals surface area contributed by atoms with Crippen LogP contribution in [0.5, 0.6) is 0 Å². The standard InChI is InChI=1S/C19H28O2/c1-2-6-15-7-5-8-16(13-15)14-17-9-3-4-10-18(17)19-20-11-12-21-19/h3-4,9-10,15-16,19H,2,5-8,11-14H2,1H3. The van der Waals surface area contributed by atoms with Crippen LogP contribution in [0.15, 0.2) is 24.3 Å². The third kappa shape index (κ3) is 3.87. The zero-order chi connectivity index (χ0) is 14.5. The zero-order valence-electron chi connectivity index (χ0n) is 13.2. The van der Waals surface area contributed by atoms with Crippen molar-refractivity contribution in [2.24, 2.45) is 11.8 Å². The molecule has 0 N–H and O–H groups in total. The van der Waals surface area contributed by atoms with E-state index in [0.717, 1.165) is 25.0 Å². The minimum atomic E-state index is -0.128. The van der Waals surface area contributed by atoms with Gasteiger partial charge < -0.3 is 9.47 Å². The van der Waals surface area contributed by atoms with E-state index in [1.807, 2.05) is 0 Å². The lowest BCUT2D eigenvalue weighted by molar-refractivity contribution is -0.0448. The molecule has 1 aliphatic carbocycles. The van der Waals surface area contributed by atoms with E-state index < -0.39 is 0 Å². The van der Waals surface area contributed by atoms with E-state index >= 15 is 0 Å². The molecule has 0 bridgehead atoms. The fourth-order valence-corrected chi connectivity index (χ4v) is 4.06. The monoisotopic (exact) mass is 288 g/mol. The Kier molecular flexibility index (Phi) is 5.32. The van der Waals surface area contributed by atoms with Crippen molar-refractivity contribution in [2.75, 3.05) is 13.2 Å². The first-order valence-electron chi connectivity index (χ1n) is 8.67. The fourth-order valence-electron chi connectivity index (χ4n) is 4.06. The number of hydrogen-bond donors (Lipinski definition) is 0. The lowest BCUT2D eigenvalue weighted by Crippen LogP contribution is -2.18. The Morgan fingerprint density at radius 3 is 2.62 bits per heavy atom. The van der Waals surface area contributed by atoms with Crippen molar-refractivity contribution < 1.29 is 9.47 Å². The van der Waals surface area contributed by atoms with Gasteiger partial charge in [0.15, 0.2) is 6.29 Å². The summed E-state index contributed by atoms with van der Waals surface area (Å²) in [5.41, 5.74) is 2.69. The second-order valence-corrected chi connectivity index (χ2v) is 6.66. The Labute approximate surface area is 128 Å². The van der Waals surface area contributed by atoms with Crippen LogP contribution in [0.2, 0.25) is 0 Å². The van der Waals surface area contributed by atoms with E-state index in [9.17, 15) is 0 Å². The van der Waals surface area contributed by atoms with Gasteiger partial charge in [-0.1, -0.05) is 63.3 Å². The Morgan fingerprint density at radius 2 is 1.81 bits per heavy atom. The smallest absolute Gasteiger partial charge is 0.184 e. The highest BCUT2D eigenvalue weighted by Crippen LogP contribution is 2.35. The first kappa shape index (κ1) is 15.1. The van der Waals surface area contributed by atoms with Gasteiger partial charge in [-0.3, -0.25) is 0 Å². The lowest BCUT2D eigenvalue weighted by atomic mass is 9.76. The zero-order valence-corrected chi connectivity index (χ0v) is 13.2. The van der Waals surface area contributed by atoms with Gasteiger partial charge >= 0.3 is 0 Å². The van der Waals surface area contributed by atoms with Crippen molar-refractivity contribution in [3.63, 3.8) is 0 Å². The van der Waals surface area contributed by atoms with E-state index in [0.29, 0.717) is 0 Å². The molecular weight excluding hydrogens is 260 g/mol. The van der Waals surface area contributed by atoms with Crippen LogP contribution in [0.3, 0.4) is 0 Å². The molecule has 1 saturated heterocycles. The molecule has 1 aromatic carbocycles. The maximum Gasteiger partial charge on any atom is 0.184 e. The largest absolute Gasteiger partial charge is 0.346 e. The Balaban J connectivity index is 1.66. The molecule has 1 aliphatic heterocycles. The van der Waals surface area contributed by atoms with Crippen LogP contribution in [0, 0.1) is 11.8 Å². The SMILES string of the molecule is CCCC1CCCC(Cc2ccccc2C2OCCO2)C1. The second kappa shape index (κ2) is 7.42. The van der Waals surface area contributed by atoms with Crippen molar-refractivity contribution >= 4 is 0 Å². The molecule has 1 saturated carbocycles. The van der Waals surface area contributed by atoms with Crippen molar-refractivity contribution in [1.82, 2.24) is 0 Å². The van der Waals surface area contributed by atoms with Crippen molar-refractivity contribution in [3.8, 4) is 0 Å². The van der Waals surface area contributed by atoms with E-state index in [1.165, 1.54) is 56.1 Å². The van der Waals surface area contributed by atoms with Crippen molar-refractivity contribution in [3.05, 3.63) is 35.4 Å². The molecule has 2 fully saturated rings. The molecular formula is C19H28O2. The number of hydrogen-bond acceptors (Lipinski definition) is 2. The minimum absolute atomic E-state index is 0.128. The summed E-state index contributed by atoms with van der Waals surface area (Å²) >= 11 is 0. The maximum atomic E-state index is 5.71. The van der Waals surface area contributed by atoms with Gasteiger partial charge in [-0.15, -0.1) is 0 Å². The highest BCUT2D eigenvalue weighted by Gasteiger charge is 2.25. The molecule has 2 atom stereocenters. The third-order valence-electron chi connectivity index (χ3n) is 5.03. The topological polar surface area (TPSA) is 18.5 Å². The highest BCUT2D eigenvalue weighted by atomic mass is 16.7. The Hall–Kier alpha value is -0.860. The molecule has 1 aromatic rings. The van der Waals surface area contributed by atoms with Gasteiger partial charge in [0.1, 0.15) is 0 Å². The molecule has 2 nitrogen and oxygen atoms in total. The molecule has 0 radical (unpaired) electrons. The number of benzene rings is 1. The van der Waals surface area contributed by atoms with E-state index in [1.54, 1.807) is 0 Å². The van der Waals surface area contributed by atoms with E-state index in [-0.39, 0.29) is 6.29 Å². The van der Waals surface area contributed by atoms with Gasteiger partial charge in [0.2, 0.25) is 0 Å². The van der Waals surface area contributed by atoms with Gasteiger partial charge in [-0.25, -0.2) is 0 Å². The van der Waals surface area contributed by atoms with Crippen molar-refractivity contribution in [2.45, 2.75) is 58.2 Å². The quantitative estimate of drug-likeness (QED) is 0.768. The summed E-state index contributed by atoms with van der Waals surface area (Å²) in [7, 11) is 0. The van der Waals surface area contributed by atoms with Crippen LogP contribution in [0.4, 0.5) is 0 Å². The maximum absolute atomic E-state index is 5.71. The molecule has 0 spiro atoms. The third-order valence-corrected chi connectivity index (χ3v) is 5.03. The summed E-state index contributed by atoms with van der Waals surface area (Å²) in [6.45, 7) is 3.76. The van der Waals surface area contributed by atoms with Gasteiger partial charge in [-0.2, -0.15) is 0 Å². The normalized spacial score (nSPS) is 27.1. The Bertz CT molecular complexity index is 435. The summed E-state index contributed by atoms with van der Waals surface area (Å²) < 4.78 is 11.4. The average molecular weight is 288 g/mol. The fraction of sp³-hybridized carbons (Fsp3) is 0.684. The van der Waals surface area contributed by atoms with E-state index in [4.69, 9.17) is 9.47 Å². The summed E-state index contributed by atoms with van der Waals surface area (Å²) in [4.78, 5) is 0. The average Bonchev–Trinajstić information content (AvgIpc) is 3.03. The first-order chi connectivity index (χ1) is 10.4. The van der Waals surface area contributed by atoms with Crippen LogP contribution < -0.4 is 0 Å². The highest BCUT2D eigenvalue weighted by molar-refractivity contribution is 5.29. The first-order valence-corrected chi connectivity index (χ1v) is 8.67. The molecule has 1 heterocycles. The van der Waals surface area contributed by atoms with Crippen LogP contribution in [-0.2, 0) is 15.9 Å². The van der Waals surface area contributed by atoms with Gasteiger partial charge in [-0.05, 0) is 30.2 Å². The molecule has 0 aromatic heterocycles. The summed E-state index contributed by atoms with van der Waals surface area (Å²) in [6.07, 6.45) is 9.46. The number of rotatable bonds is 5. The summed E-state index contributed by atoms with van der Waals surface area (Å²) in [5.74, 6) is 1.80. The molecule has 2 heteroatoms. The molecule has 21 heavy (non-hydrogen) atoms. The molecule has 2 unspecified atom stereocenters. The Morgan fingerprint density at radius 1 is 1.05 bits per heavy atom. The minimum Gasteiger partial charge on any atom is -0.346 e. The molecule has 116 valence electrons. The van der Waals surface area contributed by atoms with Crippen LogP contribution in [-0.4, -0.2) is 13.2 Å². The predicted molar refractivity (Wildman–Crippen MR) is 85.1 cm³/mol. The van der Waals surface area contributed by atoms with Gasteiger partial charge in [0, 0.05) is 5.56 Å². The lowest BCUT2D eigenvalue weighted by Gasteiger charge is -2.30. The predicted octanol–water partition coefficient (Wildman–Crippen LogP) is 4.88. The summed E-state index contributed by atoms with van der Waals surface area (Å²) in [6, 6.07) is 8.70. The molecule has 3 rings (SSSR count). The van der Waals surface area contributed by atoms with Crippen LogP contribution in [0.25, 0.3) is 0 Å². The number of ether oxygens (including phenoxy) is 2. The second-order valence-electron chi connectivity index (χ2n) is 6.66. The van der Waals surface area contributed by atoms with Gasteiger partial charge in [0.05, 0.1) is 13.2 Å². The summed E-state index contributed by atoms with van der Waals surface area (Å²) in [5, 5.41) is 0. The van der Waals surface area contributed by atoms with Gasteiger partial charge in [0.25, 0.3) is 0 Å². The van der Waals surface area contributed by atoms with Crippen LogP contribution in [0.1, 0.15) is 62.9 Å².